The molecule has 176 valence electrons. The molecule has 34 heavy (non-hydrogen) atoms. The van der Waals surface area contributed by atoms with E-state index in [1.807, 2.05) is 0 Å². The maximum absolute atomic E-state index is 14.2. The van der Waals surface area contributed by atoms with E-state index in [2.05, 4.69) is 20.3 Å². The second-order valence-corrected chi connectivity index (χ2v) is 8.09. The monoisotopic (exact) mass is 485 g/mol. The Morgan fingerprint density at radius 2 is 2.03 bits per heavy atom. The number of carbonyl (C=O) groups is 2. The molecule has 0 unspecified atom stereocenters. The molecular formula is C23H21ClFN5O4. The molecule has 0 spiro atoms. The van der Waals surface area contributed by atoms with E-state index in [-0.39, 0.29) is 25.3 Å². The SMILES string of the molecule is Cc1cnc(C(=O)N[C@H](Cc2ccc(-c3cc(Cl)ccc3F)cc2)C[C@@H](CN=[N+]=[N-])C(=O)O)o1. The number of carbonyl (C=O) groups excluding carboxylic acids is 1. The van der Waals surface area contributed by atoms with E-state index >= 15 is 0 Å². The number of rotatable bonds is 10. The van der Waals surface area contributed by atoms with Gasteiger partial charge < -0.3 is 14.8 Å². The topological polar surface area (TPSA) is 141 Å². The Labute approximate surface area is 199 Å². The number of aryl methyl sites for hydroxylation is 1. The highest BCUT2D eigenvalue weighted by Gasteiger charge is 2.25. The van der Waals surface area contributed by atoms with Crippen LogP contribution in [0, 0.1) is 18.7 Å². The maximum Gasteiger partial charge on any atom is 0.307 e. The fourth-order valence-corrected chi connectivity index (χ4v) is 3.63. The molecule has 1 heterocycles. The molecule has 1 aromatic heterocycles. The van der Waals surface area contributed by atoms with Crippen molar-refractivity contribution in [3.63, 3.8) is 0 Å². The molecule has 2 atom stereocenters. The Morgan fingerprint density at radius 3 is 2.65 bits per heavy atom. The molecular weight excluding hydrogens is 465 g/mol. The molecule has 0 fully saturated rings. The van der Waals surface area contributed by atoms with Crippen LogP contribution in [0.1, 0.15) is 28.4 Å². The summed E-state index contributed by atoms with van der Waals surface area (Å²) in [4.78, 5) is 30.7. The van der Waals surface area contributed by atoms with Gasteiger partial charge in [0.05, 0.1) is 12.1 Å². The third-order valence-electron chi connectivity index (χ3n) is 5.11. The first kappa shape index (κ1) is 24.8. The Hall–Kier alpha value is -3.88. The van der Waals surface area contributed by atoms with Crippen LogP contribution in [0.5, 0.6) is 0 Å². The predicted octanol–water partition coefficient (Wildman–Crippen LogP) is 5.18. The molecule has 0 saturated carbocycles. The van der Waals surface area contributed by atoms with Crippen LogP contribution in [0.4, 0.5) is 4.39 Å². The summed E-state index contributed by atoms with van der Waals surface area (Å²) in [5, 5.41) is 16.0. The molecule has 3 aromatic rings. The van der Waals surface area contributed by atoms with Crippen molar-refractivity contribution in [1.82, 2.24) is 10.3 Å². The first-order valence-electron chi connectivity index (χ1n) is 10.3. The summed E-state index contributed by atoms with van der Waals surface area (Å²) in [6.07, 6.45) is 1.67. The highest BCUT2D eigenvalue weighted by Crippen LogP contribution is 2.27. The number of hydrogen-bond acceptors (Lipinski definition) is 5. The van der Waals surface area contributed by atoms with Crippen LogP contribution < -0.4 is 5.32 Å². The summed E-state index contributed by atoms with van der Waals surface area (Å²) in [6, 6.07) is 10.6. The van der Waals surface area contributed by atoms with Gasteiger partial charge in [-0.15, -0.1) is 0 Å². The van der Waals surface area contributed by atoms with Crippen molar-refractivity contribution in [2.75, 3.05) is 6.54 Å². The smallest absolute Gasteiger partial charge is 0.307 e. The molecule has 0 bridgehead atoms. The van der Waals surface area contributed by atoms with Gasteiger partial charge in [0.15, 0.2) is 0 Å². The lowest BCUT2D eigenvalue weighted by molar-refractivity contribution is -0.141. The number of benzene rings is 2. The Balaban J connectivity index is 1.81. The molecule has 11 heteroatoms. The summed E-state index contributed by atoms with van der Waals surface area (Å²) in [6.45, 7) is 1.38. The third-order valence-corrected chi connectivity index (χ3v) is 5.34. The van der Waals surface area contributed by atoms with Crippen molar-refractivity contribution in [3.05, 3.63) is 87.2 Å². The maximum atomic E-state index is 14.2. The first-order valence-corrected chi connectivity index (χ1v) is 10.7. The second-order valence-electron chi connectivity index (χ2n) is 7.66. The van der Waals surface area contributed by atoms with E-state index in [9.17, 15) is 19.1 Å². The van der Waals surface area contributed by atoms with E-state index in [0.29, 0.717) is 21.9 Å². The largest absolute Gasteiger partial charge is 0.481 e. The van der Waals surface area contributed by atoms with E-state index < -0.39 is 29.7 Å². The summed E-state index contributed by atoms with van der Waals surface area (Å²) >= 11 is 5.98. The van der Waals surface area contributed by atoms with Crippen LogP contribution in [0.3, 0.4) is 0 Å². The van der Waals surface area contributed by atoms with Crippen molar-refractivity contribution in [1.29, 1.82) is 0 Å². The van der Waals surface area contributed by atoms with Gasteiger partial charge in [-0.3, -0.25) is 9.59 Å². The number of nitrogens with zero attached hydrogens (tertiary/aromatic N) is 4. The van der Waals surface area contributed by atoms with Gasteiger partial charge in [0, 0.05) is 28.1 Å². The summed E-state index contributed by atoms with van der Waals surface area (Å²) < 4.78 is 19.4. The number of oxazole rings is 1. The molecule has 0 radical (unpaired) electrons. The molecule has 2 aromatic carbocycles. The number of hydrogen-bond donors (Lipinski definition) is 2. The van der Waals surface area contributed by atoms with Gasteiger partial charge in [0.1, 0.15) is 11.6 Å². The molecule has 0 aliphatic carbocycles. The molecule has 0 aliphatic heterocycles. The van der Waals surface area contributed by atoms with Gasteiger partial charge in [-0.05, 0) is 54.6 Å². The quantitative estimate of drug-likeness (QED) is 0.231. The number of amides is 1. The normalized spacial score (nSPS) is 12.4. The summed E-state index contributed by atoms with van der Waals surface area (Å²) in [5.41, 5.74) is 10.3. The van der Waals surface area contributed by atoms with Crippen LogP contribution in [-0.2, 0) is 11.2 Å². The Kier molecular flexibility index (Phi) is 8.24. The second kappa shape index (κ2) is 11.3. The fraction of sp³-hybridized carbons (Fsp3) is 0.261. The number of carboxylic acid groups (broad SMARTS) is 1. The average Bonchev–Trinajstić information content (AvgIpc) is 3.25. The fourth-order valence-electron chi connectivity index (χ4n) is 3.46. The highest BCUT2D eigenvalue weighted by molar-refractivity contribution is 6.30. The average molecular weight is 486 g/mol. The lowest BCUT2D eigenvalue weighted by Crippen LogP contribution is -2.39. The standard InChI is InChI=1S/C23H21ClFN5O4/c1-13-11-27-22(34-13)21(31)29-18(9-16(23(32)33)12-28-30-26)8-14-2-4-15(5-3-14)19-10-17(24)6-7-20(19)25/h2-7,10-11,16,18H,8-9,12H2,1H3,(H,29,31)(H,32,33)/t16-,18+/m0/s1. The molecule has 0 aliphatic rings. The third kappa shape index (κ3) is 6.57. The van der Waals surface area contributed by atoms with Gasteiger partial charge in [-0.2, -0.15) is 0 Å². The number of aromatic nitrogens is 1. The number of carboxylic acids is 1. The minimum atomic E-state index is -1.15. The van der Waals surface area contributed by atoms with Crippen LogP contribution in [0.15, 0.2) is 58.2 Å². The summed E-state index contributed by atoms with van der Waals surface area (Å²) in [5.74, 6) is -2.85. The minimum Gasteiger partial charge on any atom is -0.481 e. The van der Waals surface area contributed by atoms with Gasteiger partial charge in [0.2, 0.25) is 0 Å². The van der Waals surface area contributed by atoms with Crippen LogP contribution in [0.2, 0.25) is 5.02 Å². The molecule has 0 saturated heterocycles. The van der Waals surface area contributed by atoms with Gasteiger partial charge in [0.25, 0.3) is 5.89 Å². The van der Waals surface area contributed by atoms with E-state index in [1.54, 1.807) is 31.2 Å². The number of nitrogens with one attached hydrogen (secondary N) is 1. The molecule has 3 rings (SSSR count). The Morgan fingerprint density at radius 1 is 1.29 bits per heavy atom. The van der Waals surface area contributed by atoms with E-state index in [0.717, 1.165) is 5.56 Å². The van der Waals surface area contributed by atoms with Gasteiger partial charge in [-0.25, -0.2) is 9.37 Å². The minimum absolute atomic E-state index is 0.00442. The van der Waals surface area contributed by atoms with Crippen LogP contribution >= 0.6 is 11.6 Å². The zero-order valence-corrected chi connectivity index (χ0v) is 18.9. The van der Waals surface area contributed by atoms with Crippen LogP contribution in [0.25, 0.3) is 21.6 Å². The Bertz CT molecular complexity index is 1220. The van der Waals surface area contributed by atoms with E-state index in [1.165, 1.54) is 24.4 Å². The zero-order valence-electron chi connectivity index (χ0n) is 18.1. The van der Waals surface area contributed by atoms with Gasteiger partial charge in [-0.1, -0.05) is 41.0 Å². The lowest BCUT2D eigenvalue weighted by atomic mass is 9.94. The predicted molar refractivity (Wildman–Crippen MR) is 123 cm³/mol. The van der Waals surface area contributed by atoms with Crippen LogP contribution in [-0.4, -0.2) is 34.6 Å². The summed E-state index contributed by atoms with van der Waals surface area (Å²) in [7, 11) is 0. The van der Waals surface area contributed by atoms with Gasteiger partial charge >= 0.3 is 11.9 Å². The first-order chi connectivity index (χ1) is 16.3. The zero-order chi connectivity index (χ0) is 24.7. The lowest BCUT2D eigenvalue weighted by Gasteiger charge is -2.21. The molecule has 2 N–H and O–H groups in total. The van der Waals surface area contributed by atoms with E-state index in [4.69, 9.17) is 21.5 Å². The van der Waals surface area contributed by atoms with Crippen molar-refractivity contribution < 1.29 is 23.5 Å². The van der Waals surface area contributed by atoms with Crippen molar-refractivity contribution >= 4 is 23.5 Å². The number of aliphatic carboxylic acids is 1. The van der Waals surface area contributed by atoms with Crippen molar-refractivity contribution in [3.8, 4) is 11.1 Å². The number of halogens is 2. The highest BCUT2D eigenvalue weighted by atomic mass is 35.5. The van der Waals surface area contributed by atoms with Crippen molar-refractivity contribution in [2.24, 2.45) is 11.0 Å². The number of azide groups is 1. The molecule has 9 nitrogen and oxygen atoms in total. The molecule has 1 amide bonds. The van der Waals surface area contributed by atoms with Crippen molar-refractivity contribution in [2.45, 2.75) is 25.8 Å².